The zero-order chi connectivity index (χ0) is 18.2. The van der Waals surface area contributed by atoms with E-state index in [9.17, 15) is 9.90 Å². The van der Waals surface area contributed by atoms with Crippen molar-refractivity contribution in [1.82, 2.24) is 4.90 Å². The molecule has 1 atom stereocenters. The number of aliphatic hydroxyl groups is 1. The lowest BCUT2D eigenvalue weighted by molar-refractivity contribution is 0.0600. The van der Waals surface area contributed by atoms with Gasteiger partial charge < -0.3 is 9.84 Å². The van der Waals surface area contributed by atoms with Crippen LogP contribution < -0.4 is 0 Å². The van der Waals surface area contributed by atoms with Crippen LogP contribution in [0.15, 0.2) is 54.6 Å². The Labute approximate surface area is 150 Å². The molecule has 25 heavy (non-hydrogen) atoms. The number of nitrogens with zero attached hydrogens (tertiary/aromatic N) is 1. The van der Waals surface area contributed by atoms with Crippen LogP contribution in [0.5, 0.6) is 0 Å². The van der Waals surface area contributed by atoms with Gasteiger partial charge in [-0.2, -0.15) is 0 Å². The molecule has 0 heterocycles. The van der Waals surface area contributed by atoms with Gasteiger partial charge in [0.05, 0.1) is 19.3 Å². The van der Waals surface area contributed by atoms with E-state index in [0.717, 1.165) is 12.1 Å². The van der Waals surface area contributed by atoms with Gasteiger partial charge in [-0.3, -0.25) is 4.90 Å². The monoisotopic (exact) mass is 341 g/mol. The Morgan fingerprint density at radius 2 is 1.56 bits per heavy atom. The number of carbonyl (C=O) groups excluding carboxylic acids is 1. The number of methoxy groups -OCH3 is 1. The zero-order valence-electron chi connectivity index (χ0n) is 15.2. The molecule has 0 saturated heterocycles. The zero-order valence-corrected chi connectivity index (χ0v) is 15.2. The molecular formula is C21H27NO3. The fourth-order valence-corrected chi connectivity index (χ4v) is 2.95. The van der Waals surface area contributed by atoms with Gasteiger partial charge in [-0.05, 0) is 29.2 Å². The summed E-state index contributed by atoms with van der Waals surface area (Å²) < 4.78 is 4.74. The summed E-state index contributed by atoms with van der Waals surface area (Å²) in [7, 11) is 1.38. The minimum Gasteiger partial charge on any atom is -0.465 e. The van der Waals surface area contributed by atoms with Crippen molar-refractivity contribution >= 4 is 5.97 Å². The highest BCUT2D eigenvalue weighted by molar-refractivity contribution is 5.89. The van der Waals surface area contributed by atoms with E-state index in [4.69, 9.17) is 4.74 Å². The first-order valence-electron chi connectivity index (χ1n) is 8.61. The number of rotatable bonds is 8. The predicted molar refractivity (Wildman–Crippen MR) is 99.2 cm³/mol. The number of ether oxygens (including phenoxy) is 1. The van der Waals surface area contributed by atoms with Crippen molar-refractivity contribution in [3.05, 3.63) is 71.3 Å². The van der Waals surface area contributed by atoms with E-state index < -0.39 is 0 Å². The van der Waals surface area contributed by atoms with Gasteiger partial charge in [0.15, 0.2) is 0 Å². The second kappa shape index (κ2) is 9.35. The van der Waals surface area contributed by atoms with Crippen LogP contribution in [0.2, 0.25) is 0 Å². The molecule has 0 aliphatic heterocycles. The smallest absolute Gasteiger partial charge is 0.337 e. The maximum atomic E-state index is 11.6. The van der Waals surface area contributed by atoms with Crippen LogP contribution in [0.25, 0.3) is 0 Å². The number of hydrogen-bond acceptors (Lipinski definition) is 4. The van der Waals surface area contributed by atoms with E-state index in [0.29, 0.717) is 18.0 Å². The van der Waals surface area contributed by atoms with Gasteiger partial charge in [0.25, 0.3) is 0 Å². The van der Waals surface area contributed by atoms with E-state index in [1.165, 1.54) is 12.7 Å². The standard InChI is InChI=1S/C21H27NO3/c1-16(2)20(15-23)22(13-17-7-5-4-6-8-17)14-18-9-11-19(12-10-18)21(24)25-3/h4-12,16,20,23H,13-15H2,1-3H3. The fraction of sp³-hybridized carbons (Fsp3) is 0.381. The maximum Gasteiger partial charge on any atom is 0.337 e. The molecule has 2 rings (SSSR count). The van der Waals surface area contributed by atoms with Crippen molar-refractivity contribution in [2.24, 2.45) is 5.92 Å². The second-order valence-electron chi connectivity index (χ2n) is 6.57. The Kier molecular flexibility index (Phi) is 7.16. The first kappa shape index (κ1) is 19.2. The SMILES string of the molecule is COC(=O)c1ccc(CN(Cc2ccccc2)C(CO)C(C)C)cc1. The number of benzene rings is 2. The molecule has 4 heteroatoms. The fourth-order valence-electron chi connectivity index (χ4n) is 2.95. The minimum atomic E-state index is -0.330. The number of carbonyl (C=O) groups is 1. The quantitative estimate of drug-likeness (QED) is 0.747. The molecular weight excluding hydrogens is 314 g/mol. The summed E-state index contributed by atoms with van der Waals surface area (Å²) in [6, 6.07) is 17.8. The third-order valence-electron chi connectivity index (χ3n) is 4.41. The van der Waals surface area contributed by atoms with Crippen LogP contribution in [-0.2, 0) is 17.8 Å². The molecule has 0 aromatic heterocycles. The Bertz CT molecular complexity index is 653. The largest absolute Gasteiger partial charge is 0.465 e. The van der Waals surface area contributed by atoms with Crippen molar-refractivity contribution in [1.29, 1.82) is 0 Å². The molecule has 1 N–H and O–H groups in total. The van der Waals surface area contributed by atoms with Crippen LogP contribution in [-0.4, -0.2) is 35.7 Å². The first-order valence-corrected chi connectivity index (χ1v) is 8.61. The Morgan fingerprint density at radius 3 is 2.04 bits per heavy atom. The minimum absolute atomic E-state index is 0.0699. The second-order valence-corrected chi connectivity index (χ2v) is 6.57. The number of hydrogen-bond donors (Lipinski definition) is 1. The molecule has 0 fully saturated rings. The van der Waals surface area contributed by atoms with Gasteiger partial charge in [-0.1, -0.05) is 56.3 Å². The van der Waals surface area contributed by atoms with Crippen LogP contribution in [0.1, 0.15) is 35.3 Å². The lowest BCUT2D eigenvalue weighted by Crippen LogP contribution is -2.40. The Balaban J connectivity index is 2.18. The molecule has 0 radical (unpaired) electrons. The van der Waals surface area contributed by atoms with Crippen molar-refractivity contribution in [2.75, 3.05) is 13.7 Å². The third kappa shape index (κ3) is 5.41. The van der Waals surface area contributed by atoms with Gasteiger partial charge in [0, 0.05) is 19.1 Å². The highest BCUT2D eigenvalue weighted by atomic mass is 16.5. The highest BCUT2D eigenvalue weighted by Crippen LogP contribution is 2.19. The summed E-state index contributed by atoms with van der Waals surface area (Å²) in [6.45, 7) is 5.84. The summed E-state index contributed by atoms with van der Waals surface area (Å²) >= 11 is 0. The molecule has 2 aromatic carbocycles. The van der Waals surface area contributed by atoms with Crippen molar-refractivity contribution in [3.63, 3.8) is 0 Å². The molecule has 1 unspecified atom stereocenters. The van der Waals surface area contributed by atoms with Gasteiger partial charge >= 0.3 is 5.97 Å². The van der Waals surface area contributed by atoms with Gasteiger partial charge in [-0.25, -0.2) is 4.79 Å². The molecule has 134 valence electrons. The van der Waals surface area contributed by atoms with Crippen LogP contribution in [0.3, 0.4) is 0 Å². The summed E-state index contributed by atoms with van der Waals surface area (Å²) in [5, 5.41) is 9.87. The van der Waals surface area contributed by atoms with E-state index in [2.05, 4.69) is 30.9 Å². The van der Waals surface area contributed by atoms with E-state index in [1.807, 2.05) is 30.3 Å². The van der Waals surface area contributed by atoms with Crippen LogP contribution in [0, 0.1) is 5.92 Å². The summed E-state index contributed by atoms with van der Waals surface area (Å²) in [5.41, 5.74) is 2.86. The van der Waals surface area contributed by atoms with Crippen molar-refractivity contribution in [2.45, 2.75) is 33.0 Å². The Hall–Kier alpha value is -2.17. The molecule has 0 bridgehead atoms. The summed E-state index contributed by atoms with van der Waals surface area (Å²) in [5.74, 6) is 0.00571. The predicted octanol–water partition coefficient (Wildman–Crippen LogP) is 3.49. The number of esters is 1. The van der Waals surface area contributed by atoms with E-state index in [1.54, 1.807) is 12.1 Å². The topological polar surface area (TPSA) is 49.8 Å². The molecule has 0 spiro atoms. The normalized spacial score (nSPS) is 12.4. The van der Waals surface area contributed by atoms with Gasteiger partial charge in [0.1, 0.15) is 0 Å². The molecule has 0 aliphatic carbocycles. The highest BCUT2D eigenvalue weighted by Gasteiger charge is 2.21. The number of aliphatic hydroxyl groups excluding tert-OH is 1. The Morgan fingerprint density at radius 1 is 1.00 bits per heavy atom. The van der Waals surface area contributed by atoms with E-state index in [-0.39, 0.29) is 18.6 Å². The van der Waals surface area contributed by atoms with Crippen molar-refractivity contribution in [3.8, 4) is 0 Å². The van der Waals surface area contributed by atoms with Crippen LogP contribution in [0.4, 0.5) is 0 Å². The third-order valence-corrected chi connectivity index (χ3v) is 4.41. The van der Waals surface area contributed by atoms with Crippen molar-refractivity contribution < 1.29 is 14.6 Å². The molecule has 0 amide bonds. The lowest BCUT2D eigenvalue weighted by atomic mass is 10.0. The first-order chi connectivity index (χ1) is 12.0. The average molecular weight is 341 g/mol. The van der Waals surface area contributed by atoms with Gasteiger partial charge in [-0.15, -0.1) is 0 Å². The van der Waals surface area contributed by atoms with Gasteiger partial charge in [0.2, 0.25) is 0 Å². The molecule has 2 aromatic rings. The van der Waals surface area contributed by atoms with Crippen LogP contribution >= 0.6 is 0 Å². The summed E-state index contributed by atoms with van der Waals surface area (Å²) in [6.07, 6.45) is 0. The average Bonchev–Trinajstić information content (AvgIpc) is 2.62. The molecule has 4 nitrogen and oxygen atoms in total. The molecule has 0 saturated carbocycles. The summed E-state index contributed by atoms with van der Waals surface area (Å²) in [4.78, 5) is 13.9. The maximum absolute atomic E-state index is 11.6. The van der Waals surface area contributed by atoms with E-state index >= 15 is 0 Å². The lowest BCUT2D eigenvalue weighted by Gasteiger charge is -2.33. The molecule has 0 aliphatic rings.